The largest absolute Gasteiger partial charge is 0.392 e. The minimum absolute atomic E-state index is 0.0237. The van der Waals surface area contributed by atoms with Crippen molar-refractivity contribution in [3.8, 4) is 0 Å². The van der Waals surface area contributed by atoms with Gasteiger partial charge in [0, 0.05) is 18.5 Å². The number of nitrogens with zero attached hydrogens (tertiary/aromatic N) is 1. The van der Waals surface area contributed by atoms with E-state index in [4.69, 9.17) is 4.74 Å². The van der Waals surface area contributed by atoms with Crippen LogP contribution < -0.4 is 5.32 Å². The quantitative estimate of drug-likeness (QED) is 0.591. The molecule has 0 radical (unpaired) electrons. The van der Waals surface area contributed by atoms with Gasteiger partial charge in [-0.1, -0.05) is 54.6 Å². The summed E-state index contributed by atoms with van der Waals surface area (Å²) in [5.74, 6) is -0.727. The Bertz CT molecular complexity index is 1240. The molecule has 2 amide bonds. The molecule has 2 N–H and O–H groups in total. The standard InChI is InChI=1S/C27H26N2O5/c30-15-18-7-5-17(6-8-18)13-22(27(33)29-12-11-24-25(29)23(31)16-34-24)28-26(32)21-10-9-19-3-1-2-4-20(19)14-21/h1-10,14,22,24-25,30H,11-13,15-16H2,(H,28,32). The molecule has 0 aliphatic carbocycles. The van der Waals surface area contributed by atoms with E-state index < -0.39 is 12.1 Å². The maximum Gasteiger partial charge on any atom is 0.251 e. The highest BCUT2D eigenvalue weighted by Crippen LogP contribution is 2.28. The molecular formula is C27H26N2O5. The minimum Gasteiger partial charge on any atom is -0.392 e. The van der Waals surface area contributed by atoms with Crippen LogP contribution in [0.2, 0.25) is 0 Å². The molecule has 0 aromatic heterocycles. The molecule has 2 fully saturated rings. The van der Waals surface area contributed by atoms with Gasteiger partial charge in [0.25, 0.3) is 5.91 Å². The molecule has 0 saturated carbocycles. The van der Waals surface area contributed by atoms with E-state index in [2.05, 4.69) is 5.32 Å². The second-order valence-corrected chi connectivity index (χ2v) is 8.85. The molecule has 3 unspecified atom stereocenters. The first-order chi connectivity index (χ1) is 16.5. The molecule has 7 heteroatoms. The van der Waals surface area contributed by atoms with Crippen molar-refractivity contribution in [2.45, 2.75) is 37.6 Å². The van der Waals surface area contributed by atoms with Crippen LogP contribution in [0.15, 0.2) is 66.7 Å². The zero-order valence-corrected chi connectivity index (χ0v) is 18.6. The van der Waals surface area contributed by atoms with E-state index in [1.807, 2.05) is 48.5 Å². The SMILES string of the molecule is O=C(NC(Cc1ccc(CO)cc1)C(=O)N1CCC2OCC(=O)C21)c1ccc2ccccc2c1. The van der Waals surface area contributed by atoms with Gasteiger partial charge in [-0.2, -0.15) is 0 Å². The second-order valence-electron chi connectivity index (χ2n) is 8.85. The number of Topliss-reactive ketones (excluding diaryl/α,β-unsaturated/α-hetero) is 1. The van der Waals surface area contributed by atoms with Gasteiger partial charge in [-0.3, -0.25) is 14.4 Å². The van der Waals surface area contributed by atoms with E-state index in [9.17, 15) is 19.5 Å². The number of hydrogen-bond donors (Lipinski definition) is 2. The van der Waals surface area contributed by atoms with E-state index >= 15 is 0 Å². The Kier molecular flexibility index (Phi) is 6.13. The van der Waals surface area contributed by atoms with Crippen molar-refractivity contribution in [1.82, 2.24) is 10.2 Å². The number of hydrogen-bond acceptors (Lipinski definition) is 5. The maximum absolute atomic E-state index is 13.6. The number of nitrogens with one attached hydrogen (secondary N) is 1. The first-order valence-electron chi connectivity index (χ1n) is 11.5. The fourth-order valence-electron chi connectivity index (χ4n) is 4.83. The van der Waals surface area contributed by atoms with Gasteiger partial charge < -0.3 is 20.1 Å². The van der Waals surface area contributed by atoms with Crippen molar-refractivity contribution < 1.29 is 24.2 Å². The number of likely N-dealkylation sites (tertiary alicyclic amines) is 1. The van der Waals surface area contributed by atoms with E-state index in [1.54, 1.807) is 23.1 Å². The van der Waals surface area contributed by atoms with Crippen LogP contribution in [0.1, 0.15) is 27.9 Å². The molecule has 2 heterocycles. The summed E-state index contributed by atoms with van der Waals surface area (Å²) in [6, 6.07) is 19.0. The number of aliphatic hydroxyl groups is 1. The molecule has 2 aliphatic rings. The van der Waals surface area contributed by atoms with Gasteiger partial charge in [-0.05, 0) is 40.5 Å². The molecular weight excluding hydrogens is 432 g/mol. The smallest absolute Gasteiger partial charge is 0.251 e. The molecule has 0 spiro atoms. The van der Waals surface area contributed by atoms with Crippen LogP contribution in [-0.2, 0) is 27.4 Å². The molecule has 5 rings (SSSR count). The van der Waals surface area contributed by atoms with Crippen molar-refractivity contribution in [3.63, 3.8) is 0 Å². The lowest BCUT2D eigenvalue weighted by molar-refractivity contribution is -0.138. The van der Waals surface area contributed by atoms with Crippen LogP contribution in [0.3, 0.4) is 0 Å². The number of carbonyl (C=O) groups excluding carboxylic acids is 3. The van der Waals surface area contributed by atoms with E-state index in [0.717, 1.165) is 21.9 Å². The fraction of sp³-hybridized carbons (Fsp3) is 0.296. The summed E-state index contributed by atoms with van der Waals surface area (Å²) >= 11 is 0. The highest BCUT2D eigenvalue weighted by atomic mass is 16.5. The first-order valence-corrected chi connectivity index (χ1v) is 11.5. The normalized spacial score (nSPS) is 20.4. The topological polar surface area (TPSA) is 95.9 Å². The highest BCUT2D eigenvalue weighted by Gasteiger charge is 2.48. The van der Waals surface area contributed by atoms with Gasteiger partial charge >= 0.3 is 0 Å². The molecule has 0 bridgehead atoms. The lowest BCUT2D eigenvalue weighted by Gasteiger charge is -2.27. The van der Waals surface area contributed by atoms with Crippen LogP contribution in [0.5, 0.6) is 0 Å². The maximum atomic E-state index is 13.6. The molecule has 2 aliphatic heterocycles. The van der Waals surface area contributed by atoms with Crippen molar-refractivity contribution >= 4 is 28.4 Å². The molecule has 2 saturated heterocycles. The molecule has 3 atom stereocenters. The number of ketones is 1. The number of rotatable bonds is 6. The Morgan fingerprint density at radius 2 is 1.76 bits per heavy atom. The summed E-state index contributed by atoms with van der Waals surface area (Å²) < 4.78 is 5.53. The van der Waals surface area contributed by atoms with Crippen LogP contribution in [-0.4, -0.2) is 58.9 Å². The van der Waals surface area contributed by atoms with E-state index in [1.165, 1.54) is 0 Å². The number of amides is 2. The van der Waals surface area contributed by atoms with Crippen LogP contribution >= 0.6 is 0 Å². The van der Waals surface area contributed by atoms with Crippen molar-refractivity contribution in [2.75, 3.05) is 13.2 Å². The molecule has 34 heavy (non-hydrogen) atoms. The average molecular weight is 459 g/mol. The second kappa shape index (κ2) is 9.37. The van der Waals surface area contributed by atoms with Crippen molar-refractivity contribution in [2.24, 2.45) is 0 Å². The predicted molar refractivity (Wildman–Crippen MR) is 126 cm³/mol. The van der Waals surface area contributed by atoms with Crippen LogP contribution in [0, 0.1) is 0 Å². The van der Waals surface area contributed by atoms with Crippen molar-refractivity contribution in [3.05, 3.63) is 83.4 Å². The van der Waals surface area contributed by atoms with Crippen LogP contribution in [0.25, 0.3) is 10.8 Å². The highest BCUT2D eigenvalue weighted by molar-refractivity contribution is 6.01. The number of carbonyl (C=O) groups is 3. The summed E-state index contributed by atoms with van der Waals surface area (Å²) in [5.41, 5.74) is 2.08. The Morgan fingerprint density at radius 1 is 1.03 bits per heavy atom. The number of ether oxygens (including phenoxy) is 1. The van der Waals surface area contributed by atoms with Gasteiger partial charge in [0.15, 0.2) is 5.78 Å². The molecule has 174 valence electrons. The number of benzene rings is 3. The molecule has 3 aromatic carbocycles. The first kappa shape index (κ1) is 22.3. The third-order valence-corrected chi connectivity index (χ3v) is 6.66. The Morgan fingerprint density at radius 3 is 2.53 bits per heavy atom. The van der Waals surface area contributed by atoms with Crippen molar-refractivity contribution in [1.29, 1.82) is 0 Å². The van der Waals surface area contributed by atoms with Gasteiger partial charge in [0.1, 0.15) is 18.7 Å². The summed E-state index contributed by atoms with van der Waals surface area (Å²) in [6.07, 6.45) is 0.614. The third-order valence-electron chi connectivity index (χ3n) is 6.66. The summed E-state index contributed by atoms with van der Waals surface area (Å²) in [6.45, 7) is 0.377. The predicted octanol–water partition coefficient (Wildman–Crippen LogP) is 2.24. The third kappa shape index (κ3) is 4.32. The minimum atomic E-state index is -0.842. The zero-order valence-electron chi connectivity index (χ0n) is 18.6. The Hall–Kier alpha value is -3.55. The Balaban J connectivity index is 1.40. The molecule has 7 nitrogen and oxygen atoms in total. The Labute approximate surface area is 197 Å². The average Bonchev–Trinajstić information content (AvgIpc) is 3.46. The summed E-state index contributed by atoms with van der Waals surface area (Å²) in [5, 5.41) is 14.2. The van der Waals surface area contributed by atoms with Gasteiger partial charge in [0.05, 0.1) is 12.7 Å². The van der Waals surface area contributed by atoms with Gasteiger partial charge in [-0.15, -0.1) is 0 Å². The van der Waals surface area contributed by atoms with E-state index in [-0.39, 0.29) is 43.3 Å². The van der Waals surface area contributed by atoms with Gasteiger partial charge in [-0.25, -0.2) is 0 Å². The lowest BCUT2D eigenvalue weighted by Crippen LogP contribution is -2.53. The summed E-state index contributed by atoms with van der Waals surface area (Å²) in [4.78, 5) is 40.7. The zero-order chi connectivity index (χ0) is 23.7. The van der Waals surface area contributed by atoms with E-state index in [0.29, 0.717) is 18.5 Å². The summed E-state index contributed by atoms with van der Waals surface area (Å²) in [7, 11) is 0. The number of fused-ring (bicyclic) bond motifs is 2. The van der Waals surface area contributed by atoms with Gasteiger partial charge in [0.2, 0.25) is 5.91 Å². The number of aliphatic hydroxyl groups excluding tert-OH is 1. The lowest BCUT2D eigenvalue weighted by atomic mass is 10.0. The monoisotopic (exact) mass is 458 g/mol. The fourth-order valence-corrected chi connectivity index (χ4v) is 4.83. The van der Waals surface area contributed by atoms with Crippen LogP contribution in [0.4, 0.5) is 0 Å². The molecule has 3 aromatic rings.